The lowest BCUT2D eigenvalue weighted by atomic mass is 10.1. The van der Waals surface area contributed by atoms with E-state index in [-0.39, 0.29) is 24.0 Å². The van der Waals surface area contributed by atoms with Crippen molar-refractivity contribution in [2.24, 2.45) is 0 Å². The van der Waals surface area contributed by atoms with Gasteiger partial charge < -0.3 is 19.9 Å². The fraction of sp³-hybridized carbons (Fsp3) is 0.286. The zero-order valence-electron chi connectivity index (χ0n) is 19.5. The minimum atomic E-state index is -0.341. The predicted molar refractivity (Wildman–Crippen MR) is 132 cm³/mol. The van der Waals surface area contributed by atoms with E-state index in [1.807, 2.05) is 18.2 Å². The number of benzene rings is 3. The Balaban J connectivity index is 1.46. The molecule has 0 spiro atoms. The Bertz CT molecular complexity index is 1060. The van der Waals surface area contributed by atoms with Gasteiger partial charge in [-0.25, -0.2) is 0 Å². The smallest absolute Gasteiger partial charge is 0.306 e. The van der Waals surface area contributed by atoms with Gasteiger partial charge in [0.1, 0.15) is 11.5 Å². The van der Waals surface area contributed by atoms with Crippen molar-refractivity contribution >= 4 is 17.6 Å². The molecule has 0 aliphatic carbocycles. The number of anilines is 1. The number of nitrogens with one attached hydrogen (secondary N) is 1. The molecule has 0 atom stereocenters. The molecule has 2 N–H and O–H groups in total. The second-order valence-corrected chi connectivity index (χ2v) is 7.93. The van der Waals surface area contributed by atoms with Crippen LogP contribution < -0.4 is 10.1 Å². The summed E-state index contributed by atoms with van der Waals surface area (Å²) in [7, 11) is 0. The van der Waals surface area contributed by atoms with Gasteiger partial charge in [-0.15, -0.1) is 0 Å². The van der Waals surface area contributed by atoms with E-state index in [0.29, 0.717) is 36.6 Å². The maximum Gasteiger partial charge on any atom is 0.306 e. The van der Waals surface area contributed by atoms with Gasteiger partial charge in [-0.1, -0.05) is 36.4 Å². The number of phenolic OH excluding ortho intramolecular Hbond substituents is 1. The van der Waals surface area contributed by atoms with Crippen LogP contribution in [0.5, 0.6) is 11.5 Å². The van der Waals surface area contributed by atoms with Crippen molar-refractivity contribution in [3.8, 4) is 11.5 Å². The zero-order chi connectivity index (χ0) is 24.2. The van der Waals surface area contributed by atoms with Gasteiger partial charge >= 0.3 is 5.97 Å². The fourth-order valence-electron chi connectivity index (χ4n) is 3.48. The van der Waals surface area contributed by atoms with E-state index in [9.17, 15) is 14.7 Å². The quantitative estimate of drug-likeness (QED) is 0.210. The summed E-state index contributed by atoms with van der Waals surface area (Å²) in [6.07, 6.45) is 3.72. The number of amides is 1. The molecule has 1 amide bonds. The van der Waals surface area contributed by atoms with Crippen LogP contribution in [0.4, 0.5) is 5.69 Å². The number of ether oxygens (including phenoxy) is 2. The standard InChI is InChI=1S/C28H31NO5/c1-2-33-27(31)18-12-22-11-17-26(30)25(20-22)29-28(32)23-13-15-24(16-14-23)34-19-7-6-10-21-8-4-3-5-9-21/h3-5,8-9,11,13-17,20,30H,2,6-7,10,12,18-19H2,1H3,(H,29,32). The number of aromatic hydroxyl groups is 1. The topological polar surface area (TPSA) is 84.9 Å². The molecule has 0 saturated carbocycles. The maximum absolute atomic E-state index is 12.6. The van der Waals surface area contributed by atoms with Crippen LogP contribution in [0, 0.1) is 0 Å². The van der Waals surface area contributed by atoms with Crippen molar-refractivity contribution in [1.29, 1.82) is 0 Å². The normalized spacial score (nSPS) is 10.5. The summed E-state index contributed by atoms with van der Waals surface area (Å²) in [5.74, 6) is 0.0516. The van der Waals surface area contributed by atoms with Crippen molar-refractivity contribution in [2.45, 2.75) is 39.0 Å². The van der Waals surface area contributed by atoms with Gasteiger partial charge in [0, 0.05) is 12.0 Å². The minimum Gasteiger partial charge on any atom is -0.506 e. The Morgan fingerprint density at radius 1 is 0.882 bits per heavy atom. The number of esters is 1. The summed E-state index contributed by atoms with van der Waals surface area (Å²) in [5.41, 5.74) is 2.89. The van der Waals surface area contributed by atoms with E-state index in [2.05, 4.69) is 17.4 Å². The molecule has 6 heteroatoms. The van der Waals surface area contributed by atoms with E-state index in [1.165, 1.54) is 11.6 Å². The van der Waals surface area contributed by atoms with Crippen LogP contribution in [-0.2, 0) is 22.4 Å². The lowest BCUT2D eigenvalue weighted by Gasteiger charge is -2.11. The van der Waals surface area contributed by atoms with Gasteiger partial charge in [-0.3, -0.25) is 9.59 Å². The molecule has 3 rings (SSSR count). The molecule has 6 nitrogen and oxygen atoms in total. The highest BCUT2D eigenvalue weighted by molar-refractivity contribution is 6.05. The summed E-state index contributed by atoms with van der Waals surface area (Å²) in [6.45, 7) is 2.72. The average molecular weight is 462 g/mol. The number of unbranched alkanes of at least 4 members (excludes halogenated alkanes) is 1. The van der Waals surface area contributed by atoms with Crippen LogP contribution in [0.15, 0.2) is 72.8 Å². The lowest BCUT2D eigenvalue weighted by Crippen LogP contribution is -2.12. The first kappa shape index (κ1) is 24.8. The van der Waals surface area contributed by atoms with Gasteiger partial charge in [0.15, 0.2) is 0 Å². The third kappa shape index (κ3) is 7.96. The number of hydrogen-bond donors (Lipinski definition) is 2. The van der Waals surface area contributed by atoms with Crippen LogP contribution >= 0.6 is 0 Å². The van der Waals surface area contributed by atoms with E-state index in [4.69, 9.17) is 9.47 Å². The second kappa shape index (κ2) is 13.0. The van der Waals surface area contributed by atoms with E-state index in [0.717, 1.165) is 24.8 Å². The molecule has 0 aromatic heterocycles. The Labute approximate surface area is 200 Å². The number of hydrogen-bond acceptors (Lipinski definition) is 5. The van der Waals surface area contributed by atoms with Gasteiger partial charge in [0.05, 0.1) is 18.9 Å². The fourth-order valence-corrected chi connectivity index (χ4v) is 3.48. The van der Waals surface area contributed by atoms with Crippen LogP contribution in [0.3, 0.4) is 0 Å². The molecule has 3 aromatic rings. The number of aryl methyl sites for hydroxylation is 2. The highest BCUT2D eigenvalue weighted by atomic mass is 16.5. The average Bonchev–Trinajstić information content (AvgIpc) is 2.85. The maximum atomic E-state index is 12.6. The molecular weight excluding hydrogens is 430 g/mol. The highest BCUT2D eigenvalue weighted by Crippen LogP contribution is 2.26. The molecule has 0 saturated heterocycles. The molecule has 0 aliphatic heterocycles. The number of phenols is 1. The third-order valence-electron chi connectivity index (χ3n) is 5.32. The molecule has 0 bridgehead atoms. The van der Waals surface area contributed by atoms with Crippen molar-refractivity contribution in [3.05, 3.63) is 89.5 Å². The van der Waals surface area contributed by atoms with Crippen molar-refractivity contribution in [3.63, 3.8) is 0 Å². The Kier molecular flexibility index (Phi) is 9.52. The number of carbonyl (C=O) groups excluding carboxylic acids is 2. The highest BCUT2D eigenvalue weighted by Gasteiger charge is 2.11. The molecule has 0 radical (unpaired) electrons. The van der Waals surface area contributed by atoms with Gasteiger partial charge in [-0.05, 0) is 80.1 Å². The monoisotopic (exact) mass is 461 g/mol. The van der Waals surface area contributed by atoms with Crippen LogP contribution in [-0.4, -0.2) is 30.2 Å². The number of rotatable bonds is 12. The predicted octanol–water partition coefficient (Wildman–Crippen LogP) is 5.54. The summed E-state index contributed by atoms with van der Waals surface area (Å²) >= 11 is 0. The van der Waals surface area contributed by atoms with E-state index in [1.54, 1.807) is 43.3 Å². The Morgan fingerprint density at radius 3 is 2.38 bits per heavy atom. The van der Waals surface area contributed by atoms with Crippen LogP contribution in [0.25, 0.3) is 0 Å². The van der Waals surface area contributed by atoms with E-state index >= 15 is 0 Å². The van der Waals surface area contributed by atoms with Crippen LogP contribution in [0.2, 0.25) is 0 Å². The zero-order valence-corrected chi connectivity index (χ0v) is 19.5. The Morgan fingerprint density at radius 2 is 1.65 bits per heavy atom. The van der Waals surface area contributed by atoms with E-state index < -0.39 is 0 Å². The Hall–Kier alpha value is -3.80. The van der Waals surface area contributed by atoms with Gasteiger partial charge in [0.2, 0.25) is 0 Å². The first-order valence-corrected chi connectivity index (χ1v) is 11.6. The molecule has 0 unspecified atom stereocenters. The number of carbonyl (C=O) groups is 2. The van der Waals surface area contributed by atoms with Gasteiger partial charge in [0.25, 0.3) is 5.91 Å². The molecule has 0 fully saturated rings. The summed E-state index contributed by atoms with van der Waals surface area (Å²) in [4.78, 5) is 24.2. The first-order valence-electron chi connectivity index (χ1n) is 11.6. The van der Waals surface area contributed by atoms with Crippen molar-refractivity contribution in [2.75, 3.05) is 18.5 Å². The summed E-state index contributed by atoms with van der Waals surface area (Å²) in [6, 6.07) is 22.2. The van der Waals surface area contributed by atoms with Crippen LogP contribution in [0.1, 0.15) is 47.7 Å². The minimum absolute atomic E-state index is 0.0382. The SMILES string of the molecule is CCOC(=O)CCc1ccc(O)c(NC(=O)c2ccc(OCCCCc3ccccc3)cc2)c1. The van der Waals surface area contributed by atoms with Gasteiger partial charge in [-0.2, -0.15) is 0 Å². The largest absolute Gasteiger partial charge is 0.506 e. The second-order valence-electron chi connectivity index (χ2n) is 7.93. The molecule has 0 aliphatic rings. The molecular formula is C28H31NO5. The molecule has 178 valence electrons. The van der Waals surface area contributed by atoms with Crippen molar-refractivity contribution < 1.29 is 24.2 Å². The lowest BCUT2D eigenvalue weighted by molar-refractivity contribution is -0.143. The molecule has 3 aromatic carbocycles. The summed E-state index contributed by atoms with van der Waals surface area (Å²) < 4.78 is 10.7. The molecule has 0 heterocycles. The molecule has 34 heavy (non-hydrogen) atoms. The first-order chi connectivity index (χ1) is 16.5. The summed E-state index contributed by atoms with van der Waals surface area (Å²) in [5, 5.41) is 12.9. The third-order valence-corrected chi connectivity index (χ3v) is 5.32. The van der Waals surface area contributed by atoms with Crippen molar-refractivity contribution in [1.82, 2.24) is 0 Å².